The van der Waals surface area contributed by atoms with Crippen molar-refractivity contribution in [3.8, 4) is 28.3 Å². The lowest BCUT2D eigenvalue weighted by Gasteiger charge is -2.28. The lowest BCUT2D eigenvalue weighted by atomic mass is 9.92. The quantitative estimate of drug-likeness (QED) is 0.487. The van der Waals surface area contributed by atoms with Crippen LogP contribution in [-0.2, 0) is 20.1 Å². The molecule has 1 aliphatic carbocycles. The fourth-order valence-corrected chi connectivity index (χ4v) is 4.62. The van der Waals surface area contributed by atoms with Gasteiger partial charge in [0.1, 0.15) is 12.4 Å². The monoisotopic (exact) mass is 430 g/mol. The number of anilines is 1. The number of nitrogens with two attached hydrogens (primary N) is 1. The zero-order valence-corrected chi connectivity index (χ0v) is 17.8. The number of hydrogen-bond acceptors (Lipinski definition) is 5. The van der Waals surface area contributed by atoms with E-state index >= 15 is 0 Å². The highest BCUT2D eigenvalue weighted by atomic mass is 19.1. The molecule has 0 radical (unpaired) electrons. The predicted octanol–water partition coefficient (Wildman–Crippen LogP) is 4.28. The molecular weight excluding hydrogens is 407 g/mol. The average molecular weight is 430 g/mol. The van der Waals surface area contributed by atoms with Gasteiger partial charge in [-0.1, -0.05) is 0 Å². The summed E-state index contributed by atoms with van der Waals surface area (Å²) in [7, 11) is 1.90. The lowest BCUT2D eigenvalue weighted by molar-refractivity contribution is 0.292. The zero-order chi connectivity index (χ0) is 21.8. The second-order valence-electron chi connectivity index (χ2n) is 8.60. The largest absolute Gasteiger partial charge is 0.485 e. The first kappa shape index (κ1) is 19.0. The molecule has 32 heavy (non-hydrogen) atoms. The molecule has 0 saturated heterocycles. The third kappa shape index (κ3) is 3.05. The summed E-state index contributed by atoms with van der Waals surface area (Å²) in [6, 6.07) is 7.03. The van der Waals surface area contributed by atoms with Crippen LogP contribution in [0.5, 0.6) is 5.75 Å². The number of nitrogen functional groups attached to an aromatic ring is 1. The molecule has 1 aromatic carbocycles. The van der Waals surface area contributed by atoms with E-state index in [9.17, 15) is 4.39 Å². The smallest absolute Gasteiger partial charge is 0.166 e. The van der Waals surface area contributed by atoms with Gasteiger partial charge in [0.15, 0.2) is 11.6 Å². The van der Waals surface area contributed by atoms with Crippen LogP contribution in [-0.4, -0.2) is 24.5 Å². The number of hydrogen-bond donors (Lipinski definition) is 1. The number of ether oxygens (including phenoxy) is 1. The Hall–Kier alpha value is -3.68. The van der Waals surface area contributed by atoms with Crippen molar-refractivity contribution in [1.82, 2.24) is 24.5 Å². The molecule has 162 valence electrons. The van der Waals surface area contributed by atoms with Crippen molar-refractivity contribution in [2.24, 2.45) is 7.05 Å². The SMILES string of the molecule is Cn1cc2c(n1)-c1ccc(F)cc1COc1cc(cnc1N)-c1c(cnn1C1CCC1)C2. The van der Waals surface area contributed by atoms with Crippen LogP contribution < -0.4 is 10.5 Å². The number of nitrogens with zero attached hydrogens (tertiary/aromatic N) is 5. The third-order valence-corrected chi connectivity index (χ3v) is 6.44. The maximum absolute atomic E-state index is 14.1. The molecule has 2 bridgehead atoms. The molecule has 0 unspecified atom stereocenters. The highest BCUT2D eigenvalue weighted by Gasteiger charge is 2.27. The number of aromatic nitrogens is 5. The summed E-state index contributed by atoms with van der Waals surface area (Å²) in [5, 5.41) is 9.48. The molecule has 1 saturated carbocycles. The first-order chi connectivity index (χ1) is 15.6. The summed E-state index contributed by atoms with van der Waals surface area (Å²) in [5.41, 5.74) is 12.6. The van der Waals surface area contributed by atoms with Gasteiger partial charge in [0.2, 0.25) is 0 Å². The van der Waals surface area contributed by atoms with Crippen molar-refractivity contribution in [3.05, 3.63) is 65.4 Å². The van der Waals surface area contributed by atoms with Crippen molar-refractivity contribution < 1.29 is 9.13 Å². The van der Waals surface area contributed by atoms with Crippen LogP contribution in [0.15, 0.2) is 42.9 Å². The van der Waals surface area contributed by atoms with Gasteiger partial charge in [0, 0.05) is 53.7 Å². The van der Waals surface area contributed by atoms with Crippen LogP contribution in [0.4, 0.5) is 10.2 Å². The Balaban J connectivity index is 1.59. The maximum Gasteiger partial charge on any atom is 0.166 e. The van der Waals surface area contributed by atoms with E-state index in [0.717, 1.165) is 46.5 Å². The maximum atomic E-state index is 14.1. The van der Waals surface area contributed by atoms with Gasteiger partial charge in [-0.2, -0.15) is 10.2 Å². The van der Waals surface area contributed by atoms with Crippen LogP contribution in [0.25, 0.3) is 22.5 Å². The van der Waals surface area contributed by atoms with Gasteiger partial charge >= 0.3 is 0 Å². The molecule has 0 atom stereocenters. The van der Waals surface area contributed by atoms with Crippen molar-refractivity contribution in [2.75, 3.05) is 5.73 Å². The summed E-state index contributed by atoms with van der Waals surface area (Å²) in [6.07, 6.45) is 9.86. The second-order valence-corrected chi connectivity index (χ2v) is 8.60. The minimum absolute atomic E-state index is 0.160. The Kier molecular flexibility index (Phi) is 4.28. The Bertz CT molecular complexity index is 1340. The minimum Gasteiger partial charge on any atom is -0.485 e. The average Bonchev–Trinajstić information content (AvgIpc) is 3.29. The van der Waals surface area contributed by atoms with Gasteiger partial charge < -0.3 is 10.5 Å². The molecule has 4 heterocycles. The van der Waals surface area contributed by atoms with Crippen LogP contribution >= 0.6 is 0 Å². The van der Waals surface area contributed by atoms with E-state index < -0.39 is 0 Å². The molecule has 4 aromatic rings. The lowest BCUT2D eigenvalue weighted by Crippen LogP contribution is -2.19. The standard InChI is InChI=1S/C24H23FN6O/c1-30-12-16-7-14-11-28-31(19-3-2-4-19)23(14)15-9-21(24(26)27-10-15)32-13-17-8-18(25)5-6-20(17)22(16)29-30/h5-6,8-12,19H,2-4,7,13H2,1H3,(H2,26,27). The number of rotatable bonds is 1. The van der Waals surface area contributed by atoms with Gasteiger partial charge in [-0.05, 0) is 43.5 Å². The fraction of sp³-hybridized carbons (Fsp3) is 0.292. The van der Waals surface area contributed by atoms with E-state index in [1.807, 2.05) is 25.5 Å². The van der Waals surface area contributed by atoms with Gasteiger partial charge in [-0.25, -0.2) is 9.37 Å². The van der Waals surface area contributed by atoms with Crippen LogP contribution in [0.2, 0.25) is 0 Å². The van der Waals surface area contributed by atoms with E-state index in [0.29, 0.717) is 29.6 Å². The third-order valence-electron chi connectivity index (χ3n) is 6.44. The summed E-state index contributed by atoms with van der Waals surface area (Å²) in [5.74, 6) is 0.464. The summed E-state index contributed by atoms with van der Waals surface area (Å²) < 4.78 is 24.1. The molecule has 8 heteroatoms. The number of fused-ring (bicyclic) bond motifs is 7. The predicted molar refractivity (Wildman–Crippen MR) is 118 cm³/mol. The number of benzene rings is 1. The minimum atomic E-state index is -0.319. The zero-order valence-electron chi connectivity index (χ0n) is 17.8. The molecular formula is C24H23FN6O. The van der Waals surface area contributed by atoms with Crippen molar-refractivity contribution in [3.63, 3.8) is 0 Å². The van der Waals surface area contributed by atoms with Gasteiger partial charge in [0.25, 0.3) is 0 Å². The number of aryl methyl sites for hydroxylation is 1. The Labute approximate surface area is 184 Å². The number of halogens is 1. The molecule has 1 aliphatic heterocycles. The van der Waals surface area contributed by atoms with Gasteiger partial charge in [0.05, 0.1) is 23.6 Å². The van der Waals surface area contributed by atoms with Crippen molar-refractivity contribution >= 4 is 5.82 Å². The van der Waals surface area contributed by atoms with Gasteiger partial charge in [-0.3, -0.25) is 9.36 Å². The first-order valence-corrected chi connectivity index (χ1v) is 10.8. The summed E-state index contributed by atoms with van der Waals surface area (Å²) >= 11 is 0. The van der Waals surface area contributed by atoms with E-state index in [1.165, 1.54) is 18.6 Å². The molecule has 0 amide bonds. The van der Waals surface area contributed by atoms with Crippen LogP contribution in [0, 0.1) is 5.82 Å². The summed E-state index contributed by atoms with van der Waals surface area (Å²) in [4.78, 5) is 4.39. The molecule has 3 aromatic heterocycles. The summed E-state index contributed by atoms with van der Waals surface area (Å²) in [6.45, 7) is 0.160. The highest BCUT2D eigenvalue weighted by molar-refractivity contribution is 5.71. The topological polar surface area (TPSA) is 83.8 Å². The Morgan fingerprint density at radius 3 is 2.81 bits per heavy atom. The first-order valence-electron chi connectivity index (χ1n) is 10.8. The van der Waals surface area contributed by atoms with Crippen LogP contribution in [0.3, 0.4) is 0 Å². The molecule has 2 aliphatic rings. The Morgan fingerprint density at radius 1 is 1.12 bits per heavy atom. The Morgan fingerprint density at radius 2 is 2.00 bits per heavy atom. The molecule has 7 nitrogen and oxygen atoms in total. The van der Waals surface area contributed by atoms with E-state index in [4.69, 9.17) is 20.7 Å². The normalized spacial score (nSPS) is 15.4. The van der Waals surface area contributed by atoms with E-state index in [2.05, 4.69) is 9.67 Å². The number of pyridine rings is 1. The molecule has 0 spiro atoms. The van der Waals surface area contributed by atoms with E-state index in [-0.39, 0.29) is 12.4 Å². The fourth-order valence-electron chi connectivity index (χ4n) is 4.62. The van der Waals surface area contributed by atoms with Crippen molar-refractivity contribution in [1.29, 1.82) is 0 Å². The molecule has 2 N–H and O–H groups in total. The van der Waals surface area contributed by atoms with Crippen molar-refractivity contribution in [2.45, 2.75) is 38.3 Å². The van der Waals surface area contributed by atoms with E-state index in [1.54, 1.807) is 16.9 Å². The van der Waals surface area contributed by atoms with Gasteiger partial charge in [-0.15, -0.1) is 0 Å². The van der Waals surface area contributed by atoms with Crippen LogP contribution in [0.1, 0.15) is 42.0 Å². The highest BCUT2D eigenvalue weighted by Crippen LogP contribution is 2.39. The molecule has 6 rings (SSSR count). The second kappa shape index (κ2) is 7.19. The molecule has 1 fully saturated rings.